The zero-order valence-electron chi connectivity index (χ0n) is 10.7. The highest BCUT2D eigenvalue weighted by molar-refractivity contribution is 6.30. The maximum Gasteiger partial charge on any atom is 0.306 e. The predicted octanol–water partition coefficient (Wildman–Crippen LogP) is 4.06. The number of halogens is 2. The van der Waals surface area contributed by atoms with E-state index in [9.17, 15) is 4.79 Å². The number of carbonyl (C=O) groups is 1. The Morgan fingerprint density at radius 1 is 1.20 bits per heavy atom. The van der Waals surface area contributed by atoms with Crippen molar-refractivity contribution in [2.45, 2.75) is 19.4 Å². The monoisotopic (exact) mass is 309 g/mol. The Morgan fingerprint density at radius 2 is 2.05 bits per heavy atom. The van der Waals surface area contributed by atoms with E-state index < -0.39 is 0 Å². The number of hydrogen-bond donors (Lipinski definition) is 0. The Kier molecular flexibility index (Phi) is 5.39. The van der Waals surface area contributed by atoms with Gasteiger partial charge in [-0.2, -0.15) is 0 Å². The minimum Gasteiger partial charge on any atom is -0.461 e. The molecular formula is C15H13Cl2NO2. The van der Waals surface area contributed by atoms with E-state index in [4.69, 9.17) is 27.9 Å². The second kappa shape index (κ2) is 7.27. The molecule has 0 aliphatic heterocycles. The molecule has 20 heavy (non-hydrogen) atoms. The average Bonchev–Trinajstić information content (AvgIpc) is 2.44. The molecule has 0 aliphatic carbocycles. The summed E-state index contributed by atoms with van der Waals surface area (Å²) >= 11 is 11.8. The number of ether oxygens (including phenoxy) is 1. The third-order valence-electron chi connectivity index (χ3n) is 2.73. The number of benzene rings is 1. The molecule has 0 bridgehead atoms. The number of hydrogen-bond acceptors (Lipinski definition) is 3. The van der Waals surface area contributed by atoms with Gasteiger partial charge in [0.1, 0.15) is 11.8 Å². The molecule has 104 valence electrons. The molecule has 0 saturated heterocycles. The minimum absolute atomic E-state index is 0.140. The molecule has 0 atom stereocenters. The molecule has 1 aromatic carbocycles. The fraction of sp³-hybridized carbons (Fsp3) is 0.200. The third kappa shape index (κ3) is 4.51. The lowest BCUT2D eigenvalue weighted by molar-refractivity contribution is -0.144. The number of aryl methyl sites for hydroxylation is 1. The maximum absolute atomic E-state index is 11.7. The summed E-state index contributed by atoms with van der Waals surface area (Å²) in [6.45, 7) is 0.140. The molecule has 2 aromatic rings. The zero-order valence-corrected chi connectivity index (χ0v) is 12.2. The van der Waals surface area contributed by atoms with E-state index in [-0.39, 0.29) is 12.6 Å². The number of rotatable bonds is 5. The number of nitrogens with zero attached hydrogens (tertiary/aromatic N) is 1. The highest BCUT2D eigenvalue weighted by Gasteiger charge is 2.07. The summed E-state index contributed by atoms with van der Waals surface area (Å²) in [4.78, 5) is 15.6. The first kappa shape index (κ1) is 14.8. The van der Waals surface area contributed by atoms with Crippen LogP contribution in [0.15, 0.2) is 42.6 Å². The largest absolute Gasteiger partial charge is 0.461 e. The second-order valence-corrected chi connectivity index (χ2v) is 5.04. The van der Waals surface area contributed by atoms with E-state index in [1.54, 1.807) is 24.4 Å². The molecule has 3 nitrogen and oxygen atoms in total. The quantitative estimate of drug-likeness (QED) is 0.617. The van der Waals surface area contributed by atoms with Crippen LogP contribution in [0, 0.1) is 0 Å². The molecular weight excluding hydrogens is 297 g/mol. The van der Waals surface area contributed by atoms with Crippen molar-refractivity contribution < 1.29 is 9.53 Å². The van der Waals surface area contributed by atoms with Crippen LogP contribution in [0.3, 0.4) is 0 Å². The lowest BCUT2D eigenvalue weighted by atomic mass is 10.1. The first-order valence-corrected chi connectivity index (χ1v) is 6.90. The van der Waals surface area contributed by atoms with Gasteiger partial charge in [-0.25, -0.2) is 4.98 Å². The molecule has 1 heterocycles. The van der Waals surface area contributed by atoms with Gasteiger partial charge in [-0.3, -0.25) is 4.79 Å². The number of aromatic nitrogens is 1. The van der Waals surface area contributed by atoms with Gasteiger partial charge in [0.15, 0.2) is 0 Å². The van der Waals surface area contributed by atoms with E-state index in [2.05, 4.69) is 4.98 Å². The average molecular weight is 310 g/mol. The van der Waals surface area contributed by atoms with Gasteiger partial charge in [-0.15, -0.1) is 0 Å². The highest BCUT2D eigenvalue weighted by atomic mass is 35.5. The lowest BCUT2D eigenvalue weighted by Crippen LogP contribution is -2.06. The molecule has 0 amide bonds. The molecule has 0 fully saturated rings. The van der Waals surface area contributed by atoms with Gasteiger partial charge in [0.05, 0.1) is 0 Å². The van der Waals surface area contributed by atoms with Crippen molar-refractivity contribution >= 4 is 29.2 Å². The standard InChI is InChI=1S/C15H13Cl2NO2/c16-13-5-1-3-11(9-13)6-7-14(19)20-10-12-4-2-8-18-15(12)17/h1-5,8-9H,6-7,10H2. The minimum atomic E-state index is -0.273. The fourth-order valence-corrected chi connectivity index (χ4v) is 2.08. The number of carbonyl (C=O) groups excluding carboxylic acids is 1. The van der Waals surface area contributed by atoms with Crippen molar-refractivity contribution in [2.75, 3.05) is 0 Å². The summed E-state index contributed by atoms with van der Waals surface area (Å²) in [7, 11) is 0. The van der Waals surface area contributed by atoms with E-state index in [0.717, 1.165) is 5.56 Å². The molecule has 0 aliphatic rings. The summed E-state index contributed by atoms with van der Waals surface area (Å²) in [6.07, 6.45) is 2.49. The molecule has 0 radical (unpaired) electrons. The van der Waals surface area contributed by atoms with Gasteiger partial charge in [-0.1, -0.05) is 41.4 Å². The Morgan fingerprint density at radius 3 is 2.80 bits per heavy atom. The fourth-order valence-electron chi connectivity index (χ4n) is 1.70. The summed E-state index contributed by atoms with van der Waals surface area (Å²) in [5.41, 5.74) is 1.71. The first-order chi connectivity index (χ1) is 9.65. The third-order valence-corrected chi connectivity index (χ3v) is 3.31. The van der Waals surface area contributed by atoms with Gasteiger partial charge < -0.3 is 4.74 Å². The summed E-state index contributed by atoms with van der Waals surface area (Å²) in [5.74, 6) is -0.273. The molecule has 2 rings (SSSR count). The Labute approximate surface area is 127 Å². The summed E-state index contributed by atoms with van der Waals surface area (Å²) in [5, 5.41) is 1.02. The van der Waals surface area contributed by atoms with Crippen LogP contribution in [0.5, 0.6) is 0 Å². The van der Waals surface area contributed by atoms with Crippen molar-refractivity contribution in [1.82, 2.24) is 4.98 Å². The summed E-state index contributed by atoms with van der Waals surface area (Å²) in [6, 6.07) is 11.0. The molecule has 5 heteroatoms. The molecule has 0 spiro atoms. The molecule has 1 aromatic heterocycles. The maximum atomic E-state index is 11.7. The van der Waals surface area contributed by atoms with E-state index >= 15 is 0 Å². The lowest BCUT2D eigenvalue weighted by Gasteiger charge is -2.06. The smallest absolute Gasteiger partial charge is 0.306 e. The number of esters is 1. The molecule has 0 saturated carbocycles. The van der Waals surface area contributed by atoms with Crippen LogP contribution < -0.4 is 0 Å². The van der Waals surface area contributed by atoms with Gasteiger partial charge in [-0.05, 0) is 30.2 Å². The van der Waals surface area contributed by atoms with Crippen molar-refractivity contribution in [3.63, 3.8) is 0 Å². The number of pyridine rings is 1. The summed E-state index contributed by atoms with van der Waals surface area (Å²) < 4.78 is 5.16. The van der Waals surface area contributed by atoms with Gasteiger partial charge in [0, 0.05) is 23.2 Å². The Bertz CT molecular complexity index is 602. The SMILES string of the molecule is O=C(CCc1cccc(Cl)c1)OCc1cccnc1Cl. The van der Waals surface area contributed by atoms with Gasteiger partial charge in [0.25, 0.3) is 0 Å². The van der Waals surface area contributed by atoms with Crippen molar-refractivity contribution in [1.29, 1.82) is 0 Å². The first-order valence-electron chi connectivity index (χ1n) is 6.14. The van der Waals surface area contributed by atoms with E-state index in [1.165, 1.54) is 0 Å². The topological polar surface area (TPSA) is 39.2 Å². The van der Waals surface area contributed by atoms with Crippen molar-refractivity contribution in [3.8, 4) is 0 Å². The zero-order chi connectivity index (χ0) is 14.4. The normalized spacial score (nSPS) is 10.3. The van der Waals surface area contributed by atoms with Crippen molar-refractivity contribution in [3.05, 3.63) is 63.9 Å². The highest BCUT2D eigenvalue weighted by Crippen LogP contribution is 2.14. The van der Waals surface area contributed by atoms with Crippen LogP contribution in [0.2, 0.25) is 10.2 Å². The van der Waals surface area contributed by atoms with Gasteiger partial charge >= 0.3 is 5.97 Å². The van der Waals surface area contributed by atoms with Crippen LogP contribution in [0.4, 0.5) is 0 Å². The van der Waals surface area contributed by atoms with Crippen LogP contribution in [-0.4, -0.2) is 11.0 Å². The van der Waals surface area contributed by atoms with Crippen LogP contribution in [0.1, 0.15) is 17.5 Å². The predicted molar refractivity (Wildman–Crippen MR) is 78.8 cm³/mol. The van der Waals surface area contributed by atoms with Crippen LogP contribution in [0.25, 0.3) is 0 Å². The van der Waals surface area contributed by atoms with Crippen LogP contribution in [-0.2, 0) is 22.6 Å². The molecule has 0 N–H and O–H groups in total. The van der Waals surface area contributed by atoms with Gasteiger partial charge in [0.2, 0.25) is 0 Å². The van der Waals surface area contributed by atoms with E-state index in [0.29, 0.717) is 28.6 Å². The van der Waals surface area contributed by atoms with Crippen LogP contribution >= 0.6 is 23.2 Å². The molecule has 0 unspecified atom stereocenters. The second-order valence-electron chi connectivity index (χ2n) is 4.24. The Balaban J connectivity index is 1.80. The van der Waals surface area contributed by atoms with Crippen molar-refractivity contribution in [2.24, 2.45) is 0 Å². The Hall–Kier alpha value is -1.58. The van der Waals surface area contributed by atoms with E-state index in [1.807, 2.05) is 18.2 Å².